The highest BCUT2D eigenvalue weighted by molar-refractivity contribution is 6.76. The minimum Gasteiger partial charge on any atom is -0.475 e. The Hall–Kier alpha value is -0.853. The molecule has 96 valence electrons. The summed E-state index contributed by atoms with van der Waals surface area (Å²) in [7, 11) is -1.12. The fourth-order valence-corrected chi connectivity index (χ4v) is 2.15. The van der Waals surface area contributed by atoms with Crippen molar-refractivity contribution in [2.24, 2.45) is 0 Å². The van der Waals surface area contributed by atoms with Crippen LogP contribution in [0.2, 0.25) is 30.8 Å². The fourth-order valence-electron chi connectivity index (χ4n) is 1.19. The van der Waals surface area contributed by atoms with E-state index in [1.807, 2.05) is 0 Å². The second-order valence-electron chi connectivity index (χ2n) is 5.01. The van der Waals surface area contributed by atoms with Crippen LogP contribution in [0.4, 0.5) is 0 Å². The Morgan fingerprint density at radius 3 is 2.76 bits per heavy atom. The van der Waals surface area contributed by atoms with E-state index in [4.69, 9.17) is 21.4 Å². The van der Waals surface area contributed by atoms with E-state index in [1.54, 1.807) is 0 Å². The molecule has 1 aromatic heterocycles. The van der Waals surface area contributed by atoms with Gasteiger partial charge in [0.15, 0.2) is 0 Å². The quantitative estimate of drug-likeness (QED) is 0.641. The third kappa shape index (κ3) is 4.89. The molecule has 17 heavy (non-hydrogen) atoms. The van der Waals surface area contributed by atoms with E-state index >= 15 is 0 Å². The summed E-state index contributed by atoms with van der Waals surface area (Å²) in [5.74, 6) is -1.20. The average Bonchev–Trinajstić information content (AvgIpc) is 2.53. The molecule has 5 nitrogen and oxygen atoms in total. The van der Waals surface area contributed by atoms with Crippen molar-refractivity contribution in [1.29, 1.82) is 0 Å². The van der Waals surface area contributed by atoms with Crippen LogP contribution < -0.4 is 0 Å². The van der Waals surface area contributed by atoms with Crippen molar-refractivity contribution in [2.75, 3.05) is 6.61 Å². The number of ether oxygens (including phenoxy) is 1. The number of carboxylic acid groups (broad SMARTS) is 1. The van der Waals surface area contributed by atoms with Crippen LogP contribution in [0.1, 0.15) is 10.6 Å². The molecular weight excluding hydrogens is 260 g/mol. The Morgan fingerprint density at radius 1 is 1.59 bits per heavy atom. The number of hydrogen-bond acceptors (Lipinski definition) is 3. The lowest BCUT2D eigenvalue weighted by atomic mass is 10.6. The summed E-state index contributed by atoms with van der Waals surface area (Å²) in [4.78, 5) is 14.5. The van der Waals surface area contributed by atoms with Gasteiger partial charge in [0, 0.05) is 20.9 Å². The van der Waals surface area contributed by atoms with Gasteiger partial charge in [0.25, 0.3) is 0 Å². The number of rotatable bonds is 6. The Labute approximate surface area is 106 Å². The van der Waals surface area contributed by atoms with Crippen LogP contribution in [0, 0.1) is 0 Å². The molecule has 1 N–H and O–H groups in total. The number of nitrogens with zero attached hydrogens (tertiary/aromatic N) is 2. The first-order valence-electron chi connectivity index (χ1n) is 5.33. The average molecular weight is 277 g/mol. The molecule has 0 amide bonds. The highest BCUT2D eigenvalue weighted by Gasteiger charge is 2.15. The number of carboxylic acids is 1. The summed E-state index contributed by atoms with van der Waals surface area (Å²) in [6.45, 7) is 7.57. The van der Waals surface area contributed by atoms with Gasteiger partial charge < -0.3 is 9.84 Å². The van der Waals surface area contributed by atoms with E-state index in [0.29, 0.717) is 6.61 Å². The number of aromatic carboxylic acids is 1. The van der Waals surface area contributed by atoms with Crippen LogP contribution in [0.25, 0.3) is 0 Å². The van der Waals surface area contributed by atoms with E-state index in [1.165, 1.54) is 10.8 Å². The van der Waals surface area contributed by atoms with Gasteiger partial charge in [0.2, 0.25) is 5.82 Å². The zero-order valence-corrected chi connectivity index (χ0v) is 12.0. The van der Waals surface area contributed by atoms with Gasteiger partial charge in [0.05, 0.1) is 0 Å². The lowest BCUT2D eigenvalue weighted by molar-refractivity contribution is 0.0613. The molecule has 0 aliphatic heterocycles. The number of halogens is 1. The molecule has 1 heterocycles. The predicted molar refractivity (Wildman–Crippen MR) is 68.3 cm³/mol. The second-order valence-corrected chi connectivity index (χ2v) is 11.0. The molecule has 0 bridgehead atoms. The minimum atomic E-state index is -1.12. The maximum absolute atomic E-state index is 10.8. The molecule has 0 spiro atoms. The van der Waals surface area contributed by atoms with Crippen LogP contribution in [-0.2, 0) is 11.5 Å². The summed E-state index contributed by atoms with van der Waals surface area (Å²) in [6.07, 6.45) is 1.46. The smallest absolute Gasteiger partial charge is 0.372 e. The molecule has 0 aromatic carbocycles. The van der Waals surface area contributed by atoms with E-state index in [-0.39, 0.29) is 17.7 Å². The molecule has 0 radical (unpaired) electrons. The molecule has 7 heteroatoms. The SMILES string of the molecule is C[Si](C)(C)CCOCn1cc(Cl)nc1C(=O)O. The van der Waals surface area contributed by atoms with Gasteiger partial charge in [-0.25, -0.2) is 9.78 Å². The third-order valence-corrected chi connectivity index (χ3v) is 4.05. The highest BCUT2D eigenvalue weighted by Crippen LogP contribution is 2.11. The largest absolute Gasteiger partial charge is 0.475 e. The lowest BCUT2D eigenvalue weighted by Crippen LogP contribution is -2.22. The van der Waals surface area contributed by atoms with Gasteiger partial charge in [-0.2, -0.15) is 0 Å². The van der Waals surface area contributed by atoms with Crippen LogP contribution in [0.5, 0.6) is 0 Å². The molecule has 1 aromatic rings. The molecular formula is C10H17ClN2O3Si. The van der Waals surface area contributed by atoms with Crippen molar-refractivity contribution in [3.63, 3.8) is 0 Å². The van der Waals surface area contributed by atoms with E-state index in [0.717, 1.165) is 6.04 Å². The number of hydrogen-bond donors (Lipinski definition) is 1. The van der Waals surface area contributed by atoms with E-state index < -0.39 is 14.0 Å². The van der Waals surface area contributed by atoms with Crippen LogP contribution in [0.15, 0.2) is 6.20 Å². The Bertz CT molecular complexity index is 401. The summed E-state index contributed by atoms with van der Waals surface area (Å²) >= 11 is 5.65. The third-order valence-electron chi connectivity index (χ3n) is 2.17. The zero-order valence-electron chi connectivity index (χ0n) is 10.2. The molecule has 0 aliphatic carbocycles. The van der Waals surface area contributed by atoms with Crippen molar-refractivity contribution in [3.05, 3.63) is 17.2 Å². The molecule has 0 atom stereocenters. The molecule has 0 fully saturated rings. The van der Waals surface area contributed by atoms with Crippen LogP contribution in [0.3, 0.4) is 0 Å². The van der Waals surface area contributed by atoms with Crippen molar-refractivity contribution >= 4 is 25.6 Å². The van der Waals surface area contributed by atoms with Gasteiger partial charge in [0.1, 0.15) is 11.9 Å². The van der Waals surface area contributed by atoms with Gasteiger partial charge in [-0.05, 0) is 6.04 Å². The van der Waals surface area contributed by atoms with Gasteiger partial charge in [-0.1, -0.05) is 31.2 Å². The number of imidazole rings is 1. The highest BCUT2D eigenvalue weighted by atomic mass is 35.5. The Balaban J connectivity index is 2.49. The van der Waals surface area contributed by atoms with Gasteiger partial charge >= 0.3 is 5.97 Å². The molecule has 0 aliphatic rings. The molecule has 0 saturated carbocycles. The van der Waals surface area contributed by atoms with Crippen LogP contribution >= 0.6 is 11.6 Å². The lowest BCUT2D eigenvalue weighted by Gasteiger charge is -2.15. The van der Waals surface area contributed by atoms with Crippen molar-refractivity contribution in [3.8, 4) is 0 Å². The summed E-state index contributed by atoms with van der Waals surface area (Å²) in [6, 6.07) is 1.04. The second kappa shape index (κ2) is 5.66. The Kier molecular flexibility index (Phi) is 4.73. The Morgan fingerprint density at radius 2 is 2.24 bits per heavy atom. The fraction of sp³-hybridized carbons (Fsp3) is 0.600. The van der Waals surface area contributed by atoms with Gasteiger partial charge in [-0.3, -0.25) is 4.57 Å². The first-order chi connectivity index (χ1) is 7.79. The molecule has 1 rings (SSSR count). The number of aromatic nitrogens is 2. The predicted octanol–water partition coefficient (Wildman–Crippen LogP) is 2.55. The van der Waals surface area contributed by atoms with Crippen molar-refractivity contribution < 1.29 is 14.6 Å². The van der Waals surface area contributed by atoms with Crippen molar-refractivity contribution in [1.82, 2.24) is 9.55 Å². The van der Waals surface area contributed by atoms with Crippen molar-refractivity contribution in [2.45, 2.75) is 32.4 Å². The first kappa shape index (κ1) is 14.2. The van der Waals surface area contributed by atoms with E-state index in [2.05, 4.69) is 24.6 Å². The summed E-state index contributed by atoms with van der Waals surface area (Å²) < 4.78 is 6.83. The monoisotopic (exact) mass is 276 g/mol. The summed E-state index contributed by atoms with van der Waals surface area (Å²) in [5.41, 5.74) is 0. The van der Waals surface area contributed by atoms with E-state index in [9.17, 15) is 4.79 Å². The van der Waals surface area contributed by atoms with Crippen LogP contribution in [-0.4, -0.2) is 35.3 Å². The first-order valence-corrected chi connectivity index (χ1v) is 9.42. The van der Waals surface area contributed by atoms with Gasteiger partial charge in [-0.15, -0.1) is 0 Å². The molecule has 0 saturated heterocycles. The normalized spacial score (nSPS) is 11.8. The minimum absolute atomic E-state index is 0.0944. The maximum atomic E-state index is 10.8. The number of carbonyl (C=O) groups is 1. The maximum Gasteiger partial charge on any atom is 0.372 e. The molecule has 0 unspecified atom stereocenters. The topological polar surface area (TPSA) is 64.4 Å². The zero-order chi connectivity index (χ0) is 13.1. The summed E-state index contributed by atoms with van der Waals surface area (Å²) in [5, 5.41) is 9.04. The standard InChI is InChI=1S/C10H17ClN2O3Si/c1-17(2,3)5-4-16-7-13-6-8(11)12-9(13)10(14)15/h6H,4-5,7H2,1-3H3,(H,14,15).